The molecule has 2 saturated carbocycles. The Morgan fingerprint density at radius 1 is 1.31 bits per heavy atom. The van der Waals surface area contributed by atoms with Crippen LogP contribution in [0.2, 0.25) is 0 Å². The zero-order valence-electron chi connectivity index (χ0n) is 9.82. The van der Waals surface area contributed by atoms with Crippen LogP contribution < -0.4 is 5.32 Å². The standard InChI is InChI=1S/C12H19NO3/c1-12(2)8(9(12)11(15)16)10(14)13-6-5-7-3-4-7/h7-9H,3-6H2,1-2H3,(H,13,14)(H,15,16). The minimum atomic E-state index is -0.854. The molecular formula is C12H19NO3. The van der Waals surface area contributed by atoms with Crippen LogP contribution in [-0.4, -0.2) is 23.5 Å². The fourth-order valence-corrected chi connectivity index (χ4v) is 2.50. The van der Waals surface area contributed by atoms with Gasteiger partial charge in [-0.3, -0.25) is 9.59 Å². The summed E-state index contributed by atoms with van der Waals surface area (Å²) in [6, 6.07) is 0. The van der Waals surface area contributed by atoms with Gasteiger partial charge >= 0.3 is 5.97 Å². The highest BCUT2D eigenvalue weighted by atomic mass is 16.4. The average Bonchev–Trinajstić information content (AvgIpc) is 3.02. The molecule has 2 aliphatic rings. The quantitative estimate of drug-likeness (QED) is 0.740. The maximum atomic E-state index is 11.8. The number of nitrogens with one attached hydrogen (secondary N) is 1. The lowest BCUT2D eigenvalue weighted by Gasteiger charge is -2.04. The van der Waals surface area contributed by atoms with Crippen molar-refractivity contribution in [2.75, 3.05) is 6.54 Å². The van der Waals surface area contributed by atoms with E-state index in [-0.39, 0.29) is 17.2 Å². The number of hydrogen-bond acceptors (Lipinski definition) is 2. The average molecular weight is 225 g/mol. The second-order valence-corrected chi connectivity index (χ2v) is 5.64. The van der Waals surface area contributed by atoms with Gasteiger partial charge in [-0.2, -0.15) is 0 Å². The highest BCUT2D eigenvalue weighted by Crippen LogP contribution is 2.58. The Morgan fingerprint density at radius 2 is 1.94 bits per heavy atom. The molecule has 0 bridgehead atoms. The van der Waals surface area contributed by atoms with Gasteiger partial charge in [-0.25, -0.2) is 0 Å². The monoisotopic (exact) mass is 225 g/mol. The van der Waals surface area contributed by atoms with E-state index in [1.165, 1.54) is 12.8 Å². The topological polar surface area (TPSA) is 66.4 Å². The van der Waals surface area contributed by atoms with E-state index in [4.69, 9.17) is 5.11 Å². The fourth-order valence-electron chi connectivity index (χ4n) is 2.50. The van der Waals surface area contributed by atoms with E-state index in [0.29, 0.717) is 6.54 Å². The number of carboxylic acid groups (broad SMARTS) is 1. The molecule has 0 heterocycles. The van der Waals surface area contributed by atoms with Gasteiger partial charge in [-0.05, 0) is 17.8 Å². The molecule has 0 aromatic carbocycles. The van der Waals surface area contributed by atoms with Crippen LogP contribution in [0.4, 0.5) is 0 Å². The summed E-state index contributed by atoms with van der Waals surface area (Å²) >= 11 is 0. The van der Waals surface area contributed by atoms with Crippen molar-refractivity contribution in [3.05, 3.63) is 0 Å². The molecule has 4 nitrogen and oxygen atoms in total. The molecule has 2 fully saturated rings. The minimum absolute atomic E-state index is 0.0851. The molecule has 2 unspecified atom stereocenters. The highest BCUT2D eigenvalue weighted by Gasteiger charge is 2.65. The predicted octanol–water partition coefficient (Wildman–Crippen LogP) is 1.26. The summed E-state index contributed by atoms with van der Waals surface area (Å²) in [6.07, 6.45) is 3.60. The number of amides is 1. The van der Waals surface area contributed by atoms with E-state index in [0.717, 1.165) is 12.3 Å². The molecular weight excluding hydrogens is 206 g/mol. The molecule has 2 aliphatic carbocycles. The van der Waals surface area contributed by atoms with E-state index in [1.54, 1.807) is 0 Å². The van der Waals surface area contributed by atoms with E-state index >= 15 is 0 Å². The first-order valence-corrected chi connectivity index (χ1v) is 5.95. The van der Waals surface area contributed by atoms with Crippen LogP contribution in [-0.2, 0) is 9.59 Å². The molecule has 90 valence electrons. The number of aliphatic carboxylic acids is 1. The van der Waals surface area contributed by atoms with E-state index in [9.17, 15) is 9.59 Å². The van der Waals surface area contributed by atoms with Gasteiger partial charge in [-0.1, -0.05) is 26.7 Å². The summed E-state index contributed by atoms with van der Waals surface area (Å²) in [6.45, 7) is 4.39. The highest BCUT2D eigenvalue weighted by molar-refractivity contribution is 5.91. The van der Waals surface area contributed by atoms with Gasteiger partial charge in [0, 0.05) is 6.54 Å². The van der Waals surface area contributed by atoms with Gasteiger partial charge in [-0.15, -0.1) is 0 Å². The van der Waals surface area contributed by atoms with Crippen molar-refractivity contribution in [2.24, 2.45) is 23.2 Å². The predicted molar refractivity (Wildman–Crippen MR) is 58.7 cm³/mol. The molecule has 4 heteroatoms. The van der Waals surface area contributed by atoms with Gasteiger partial charge in [0.05, 0.1) is 11.8 Å². The second-order valence-electron chi connectivity index (χ2n) is 5.64. The summed E-state index contributed by atoms with van der Waals surface area (Å²) < 4.78 is 0. The van der Waals surface area contributed by atoms with Gasteiger partial charge in [0.25, 0.3) is 0 Å². The van der Waals surface area contributed by atoms with Crippen LogP contribution in [0.5, 0.6) is 0 Å². The lowest BCUT2D eigenvalue weighted by atomic mass is 10.1. The number of rotatable bonds is 5. The molecule has 2 N–H and O–H groups in total. The Kier molecular flexibility index (Phi) is 2.68. The molecule has 2 atom stereocenters. The van der Waals surface area contributed by atoms with Crippen molar-refractivity contribution in [3.8, 4) is 0 Å². The zero-order chi connectivity index (χ0) is 11.9. The van der Waals surface area contributed by atoms with Crippen molar-refractivity contribution in [1.82, 2.24) is 5.32 Å². The molecule has 16 heavy (non-hydrogen) atoms. The van der Waals surface area contributed by atoms with E-state index in [2.05, 4.69) is 5.32 Å². The van der Waals surface area contributed by atoms with Crippen LogP contribution in [0.1, 0.15) is 33.1 Å². The normalized spacial score (nSPS) is 30.9. The fraction of sp³-hybridized carbons (Fsp3) is 0.833. The van der Waals surface area contributed by atoms with Crippen molar-refractivity contribution < 1.29 is 14.7 Å². The smallest absolute Gasteiger partial charge is 0.307 e. The number of carbonyl (C=O) groups is 2. The molecule has 0 spiro atoms. The third kappa shape index (κ3) is 2.06. The van der Waals surface area contributed by atoms with E-state index in [1.807, 2.05) is 13.8 Å². The lowest BCUT2D eigenvalue weighted by Crippen LogP contribution is -2.28. The molecule has 0 radical (unpaired) electrons. The Hall–Kier alpha value is -1.06. The van der Waals surface area contributed by atoms with Crippen molar-refractivity contribution >= 4 is 11.9 Å². The van der Waals surface area contributed by atoms with Crippen LogP contribution >= 0.6 is 0 Å². The molecule has 0 aliphatic heterocycles. The first kappa shape index (κ1) is 11.4. The molecule has 0 aromatic rings. The van der Waals surface area contributed by atoms with E-state index < -0.39 is 11.9 Å². The van der Waals surface area contributed by atoms with Crippen LogP contribution in [0, 0.1) is 23.2 Å². The van der Waals surface area contributed by atoms with Gasteiger partial charge in [0.1, 0.15) is 0 Å². The Morgan fingerprint density at radius 3 is 2.38 bits per heavy atom. The zero-order valence-corrected chi connectivity index (χ0v) is 9.82. The number of carboxylic acids is 1. The van der Waals surface area contributed by atoms with Crippen molar-refractivity contribution in [2.45, 2.75) is 33.1 Å². The molecule has 1 amide bonds. The largest absolute Gasteiger partial charge is 0.481 e. The Labute approximate surface area is 95.4 Å². The summed E-state index contributed by atoms with van der Waals surface area (Å²) in [5.41, 5.74) is -0.379. The minimum Gasteiger partial charge on any atom is -0.481 e. The third-order valence-corrected chi connectivity index (χ3v) is 3.92. The maximum absolute atomic E-state index is 11.8. The Bertz CT molecular complexity index is 320. The van der Waals surface area contributed by atoms with Crippen molar-refractivity contribution in [1.29, 1.82) is 0 Å². The third-order valence-electron chi connectivity index (χ3n) is 3.92. The summed E-state index contributed by atoms with van der Waals surface area (Å²) in [4.78, 5) is 22.7. The Balaban J connectivity index is 1.78. The number of carbonyl (C=O) groups excluding carboxylic acids is 1. The van der Waals surface area contributed by atoms with Crippen LogP contribution in [0.25, 0.3) is 0 Å². The van der Waals surface area contributed by atoms with Gasteiger partial charge in [0.15, 0.2) is 0 Å². The van der Waals surface area contributed by atoms with Crippen LogP contribution in [0.15, 0.2) is 0 Å². The first-order valence-electron chi connectivity index (χ1n) is 5.95. The molecule has 0 aromatic heterocycles. The summed E-state index contributed by atoms with van der Waals surface area (Å²) in [7, 11) is 0. The SMILES string of the molecule is CC1(C)C(C(=O)O)C1C(=O)NCCC1CC1. The summed E-state index contributed by atoms with van der Waals surface area (Å²) in [5, 5.41) is 11.8. The summed E-state index contributed by atoms with van der Waals surface area (Å²) in [5.74, 6) is -0.995. The lowest BCUT2D eigenvalue weighted by molar-refractivity contribution is -0.140. The van der Waals surface area contributed by atoms with Gasteiger partial charge in [0.2, 0.25) is 5.91 Å². The van der Waals surface area contributed by atoms with Gasteiger partial charge < -0.3 is 10.4 Å². The first-order chi connectivity index (χ1) is 7.44. The van der Waals surface area contributed by atoms with Crippen LogP contribution in [0.3, 0.4) is 0 Å². The maximum Gasteiger partial charge on any atom is 0.307 e. The molecule has 2 rings (SSSR count). The number of hydrogen-bond donors (Lipinski definition) is 2. The second kappa shape index (κ2) is 3.75. The van der Waals surface area contributed by atoms with Crippen molar-refractivity contribution in [3.63, 3.8) is 0 Å². The molecule has 0 saturated heterocycles.